The van der Waals surface area contributed by atoms with Gasteiger partial charge >= 0.3 is 0 Å². The van der Waals surface area contributed by atoms with Gasteiger partial charge in [-0.15, -0.1) is 0 Å². The molecule has 8 nitrogen and oxygen atoms in total. The van der Waals surface area contributed by atoms with Crippen LogP contribution < -0.4 is 5.32 Å². The van der Waals surface area contributed by atoms with Crippen LogP contribution in [0.3, 0.4) is 0 Å². The number of fused-ring (bicyclic) bond motifs is 1. The van der Waals surface area contributed by atoms with Crippen LogP contribution >= 0.6 is 0 Å². The molecular formula is C19H22N4O4. The van der Waals surface area contributed by atoms with E-state index >= 15 is 0 Å². The molecule has 0 aliphatic rings. The summed E-state index contributed by atoms with van der Waals surface area (Å²) in [6, 6.07) is 10.00. The molecule has 0 unspecified atom stereocenters. The summed E-state index contributed by atoms with van der Waals surface area (Å²) in [5.74, 6) is 0.540. The van der Waals surface area contributed by atoms with Crippen molar-refractivity contribution in [1.82, 2.24) is 14.8 Å². The van der Waals surface area contributed by atoms with Crippen molar-refractivity contribution >= 4 is 22.7 Å². The highest BCUT2D eigenvalue weighted by molar-refractivity contribution is 5.97. The van der Waals surface area contributed by atoms with E-state index in [0.29, 0.717) is 24.4 Å². The molecule has 1 amide bonds. The minimum absolute atomic E-state index is 0.0243. The van der Waals surface area contributed by atoms with Crippen molar-refractivity contribution in [3.05, 3.63) is 63.5 Å². The molecule has 0 atom stereocenters. The molecule has 8 heteroatoms. The maximum absolute atomic E-state index is 12.7. The van der Waals surface area contributed by atoms with E-state index in [-0.39, 0.29) is 11.6 Å². The number of nitrogens with one attached hydrogen (secondary N) is 1. The van der Waals surface area contributed by atoms with Gasteiger partial charge in [0.2, 0.25) is 0 Å². The van der Waals surface area contributed by atoms with E-state index in [9.17, 15) is 14.9 Å². The molecular weight excluding hydrogens is 348 g/mol. The van der Waals surface area contributed by atoms with Crippen molar-refractivity contribution in [3.8, 4) is 0 Å². The van der Waals surface area contributed by atoms with Gasteiger partial charge in [-0.1, -0.05) is 12.1 Å². The third kappa shape index (κ3) is 4.17. The number of likely N-dealkylation sites (N-methyl/N-ethyl adjacent to an activating group) is 1. The Hall–Kier alpha value is -3.13. The maximum atomic E-state index is 12.7. The van der Waals surface area contributed by atoms with Crippen LogP contribution in [0.1, 0.15) is 21.8 Å². The molecule has 1 aromatic carbocycles. The van der Waals surface area contributed by atoms with Crippen LogP contribution in [0.25, 0.3) is 11.1 Å². The van der Waals surface area contributed by atoms with Crippen LogP contribution in [0, 0.1) is 17.0 Å². The highest BCUT2D eigenvalue weighted by atomic mass is 16.6. The summed E-state index contributed by atoms with van der Waals surface area (Å²) < 4.78 is 7.49. The fourth-order valence-electron chi connectivity index (χ4n) is 2.96. The molecule has 27 heavy (non-hydrogen) atoms. The van der Waals surface area contributed by atoms with Gasteiger partial charge in [0.1, 0.15) is 11.5 Å². The van der Waals surface area contributed by atoms with Gasteiger partial charge in [-0.3, -0.25) is 14.9 Å². The van der Waals surface area contributed by atoms with Crippen LogP contribution in [0.4, 0.5) is 5.69 Å². The first-order chi connectivity index (χ1) is 12.8. The van der Waals surface area contributed by atoms with Crippen molar-refractivity contribution in [1.29, 1.82) is 0 Å². The lowest BCUT2D eigenvalue weighted by Crippen LogP contribution is -2.32. The van der Waals surface area contributed by atoms with Gasteiger partial charge in [-0.05, 0) is 26.6 Å². The summed E-state index contributed by atoms with van der Waals surface area (Å²) in [6.45, 7) is 3.43. The number of rotatable bonds is 7. The molecule has 2 aromatic heterocycles. The second-order valence-electron chi connectivity index (χ2n) is 6.71. The zero-order valence-corrected chi connectivity index (χ0v) is 15.6. The van der Waals surface area contributed by atoms with Crippen LogP contribution in [0.15, 0.2) is 40.8 Å². The largest absolute Gasteiger partial charge is 0.460 e. The number of non-ortho nitro benzene ring substituents is 1. The molecule has 0 aliphatic heterocycles. The summed E-state index contributed by atoms with van der Waals surface area (Å²) >= 11 is 0. The quantitative estimate of drug-likeness (QED) is 0.510. The van der Waals surface area contributed by atoms with E-state index in [0.717, 1.165) is 23.4 Å². The molecule has 0 radical (unpaired) electrons. The van der Waals surface area contributed by atoms with Crippen molar-refractivity contribution in [2.24, 2.45) is 0 Å². The Morgan fingerprint density at radius 3 is 2.78 bits per heavy atom. The van der Waals surface area contributed by atoms with Crippen molar-refractivity contribution in [3.63, 3.8) is 0 Å². The van der Waals surface area contributed by atoms with Gasteiger partial charge in [0, 0.05) is 43.9 Å². The van der Waals surface area contributed by atoms with Crippen LogP contribution in [-0.2, 0) is 6.54 Å². The van der Waals surface area contributed by atoms with E-state index in [1.807, 2.05) is 36.6 Å². The Morgan fingerprint density at radius 1 is 1.30 bits per heavy atom. The molecule has 3 aromatic rings. The zero-order chi connectivity index (χ0) is 19.6. The summed E-state index contributed by atoms with van der Waals surface area (Å²) in [4.78, 5) is 25.3. The number of carbonyl (C=O) groups is 1. The minimum atomic E-state index is -0.425. The summed E-state index contributed by atoms with van der Waals surface area (Å²) in [5, 5.41) is 13.9. The fourth-order valence-corrected chi connectivity index (χ4v) is 2.96. The minimum Gasteiger partial charge on any atom is -0.460 e. The van der Waals surface area contributed by atoms with Crippen molar-refractivity contribution < 1.29 is 14.1 Å². The van der Waals surface area contributed by atoms with Gasteiger partial charge in [-0.25, -0.2) is 0 Å². The Morgan fingerprint density at radius 2 is 2.07 bits per heavy atom. The lowest BCUT2D eigenvalue weighted by Gasteiger charge is -2.13. The number of benzene rings is 1. The number of hydrogen-bond donors (Lipinski definition) is 1. The number of nitro benzene ring substituents is 1. The smallest absolute Gasteiger partial charge is 0.269 e. The molecule has 0 saturated carbocycles. The number of nitrogens with zero attached hydrogens (tertiary/aromatic N) is 3. The van der Waals surface area contributed by atoms with Gasteiger partial charge in [0.25, 0.3) is 11.6 Å². The number of aryl methyl sites for hydroxylation is 1. The van der Waals surface area contributed by atoms with Crippen LogP contribution in [0.5, 0.6) is 0 Å². The molecule has 1 N–H and O–H groups in total. The lowest BCUT2D eigenvalue weighted by atomic mass is 10.2. The van der Waals surface area contributed by atoms with Gasteiger partial charge in [-0.2, -0.15) is 0 Å². The van der Waals surface area contributed by atoms with Gasteiger partial charge < -0.3 is 19.2 Å². The van der Waals surface area contributed by atoms with Crippen molar-refractivity contribution in [2.45, 2.75) is 13.5 Å². The van der Waals surface area contributed by atoms with Gasteiger partial charge in [0.15, 0.2) is 5.58 Å². The van der Waals surface area contributed by atoms with E-state index in [1.165, 1.54) is 12.1 Å². The summed E-state index contributed by atoms with van der Waals surface area (Å²) in [6.07, 6.45) is 0. The number of carbonyl (C=O) groups excluding carboxylic acids is 1. The Labute approximate surface area is 156 Å². The molecule has 0 spiro atoms. The Bertz CT molecular complexity index is 987. The highest BCUT2D eigenvalue weighted by Gasteiger charge is 2.19. The number of aromatic nitrogens is 1. The normalized spacial score (nSPS) is 11.3. The fraction of sp³-hybridized carbons (Fsp3) is 0.316. The average Bonchev–Trinajstić information content (AvgIpc) is 3.12. The van der Waals surface area contributed by atoms with E-state index in [2.05, 4.69) is 5.32 Å². The molecule has 142 valence electrons. The predicted octanol–water partition coefficient (Wildman–Crippen LogP) is 2.79. The maximum Gasteiger partial charge on any atom is 0.269 e. The summed E-state index contributed by atoms with van der Waals surface area (Å²) in [7, 11) is 3.88. The van der Waals surface area contributed by atoms with E-state index in [1.54, 1.807) is 18.2 Å². The Balaban J connectivity index is 1.93. The van der Waals surface area contributed by atoms with E-state index in [4.69, 9.17) is 4.42 Å². The second kappa shape index (κ2) is 7.63. The van der Waals surface area contributed by atoms with Gasteiger partial charge in [0.05, 0.1) is 10.4 Å². The highest BCUT2D eigenvalue weighted by Crippen LogP contribution is 2.25. The monoisotopic (exact) mass is 370 g/mol. The lowest BCUT2D eigenvalue weighted by molar-refractivity contribution is -0.384. The second-order valence-corrected chi connectivity index (χ2v) is 6.71. The summed E-state index contributed by atoms with van der Waals surface area (Å²) in [5.41, 5.74) is 2.64. The van der Waals surface area contributed by atoms with E-state index < -0.39 is 4.92 Å². The Kier molecular flexibility index (Phi) is 5.27. The first kappa shape index (κ1) is 18.7. The SMILES string of the molecule is Cc1cc2c(cc(C(=O)NCCN(C)C)n2Cc2cccc([N+](=O)[O-])c2)o1. The average molecular weight is 370 g/mol. The molecule has 0 aliphatic carbocycles. The zero-order valence-electron chi connectivity index (χ0n) is 15.6. The third-order valence-electron chi connectivity index (χ3n) is 4.25. The van der Waals surface area contributed by atoms with Crippen LogP contribution in [0.2, 0.25) is 0 Å². The molecule has 0 fully saturated rings. The van der Waals surface area contributed by atoms with Crippen LogP contribution in [-0.4, -0.2) is 47.5 Å². The first-order valence-electron chi connectivity index (χ1n) is 8.61. The molecule has 2 heterocycles. The predicted molar refractivity (Wildman–Crippen MR) is 102 cm³/mol. The topological polar surface area (TPSA) is 93.5 Å². The molecule has 0 bridgehead atoms. The molecule has 3 rings (SSSR count). The number of hydrogen-bond acceptors (Lipinski definition) is 5. The molecule has 0 saturated heterocycles. The third-order valence-corrected chi connectivity index (χ3v) is 4.25. The standard InChI is InChI=1S/C19H22N4O4/c1-13-9-16-18(27-13)11-17(19(24)20-7-8-21(2)3)22(16)12-14-5-4-6-15(10-14)23(25)26/h4-6,9-11H,7-8,12H2,1-3H3,(H,20,24). The van der Waals surface area contributed by atoms with Crippen molar-refractivity contribution in [2.75, 3.05) is 27.2 Å². The number of nitro groups is 1. The number of amides is 1. The number of furan rings is 1. The first-order valence-corrected chi connectivity index (χ1v) is 8.61.